The van der Waals surface area contributed by atoms with Gasteiger partial charge < -0.3 is 4.74 Å². The fourth-order valence-corrected chi connectivity index (χ4v) is 2.91. The van der Waals surface area contributed by atoms with Crippen LogP contribution in [0.4, 0.5) is 5.13 Å². The van der Waals surface area contributed by atoms with E-state index in [-0.39, 0.29) is 5.91 Å². The second-order valence-electron chi connectivity index (χ2n) is 5.26. The highest BCUT2D eigenvalue weighted by Gasteiger charge is 2.18. The van der Waals surface area contributed by atoms with Crippen LogP contribution >= 0.6 is 11.3 Å². The number of nitrogens with one attached hydrogen (secondary N) is 1. The van der Waals surface area contributed by atoms with Crippen LogP contribution in [0.2, 0.25) is 0 Å². The van der Waals surface area contributed by atoms with Crippen molar-refractivity contribution in [2.45, 2.75) is 13.0 Å². The molecule has 25 heavy (non-hydrogen) atoms. The molecule has 0 spiro atoms. The third-order valence-electron chi connectivity index (χ3n) is 3.48. The Morgan fingerprint density at radius 1 is 1.20 bits per heavy atom. The van der Waals surface area contributed by atoms with Gasteiger partial charge in [0.1, 0.15) is 11.8 Å². The van der Waals surface area contributed by atoms with Crippen LogP contribution in [-0.4, -0.2) is 17.0 Å². The van der Waals surface area contributed by atoms with Crippen molar-refractivity contribution in [1.82, 2.24) is 4.98 Å². The molecule has 0 unspecified atom stereocenters. The summed E-state index contributed by atoms with van der Waals surface area (Å²) in [4.78, 5) is 16.7. The van der Waals surface area contributed by atoms with Crippen molar-refractivity contribution in [1.29, 1.82) is 5.26 Å². The summed E-state index contributed by atoms with van der Waals surface area (Å²) >= 11 is 1.35. The van der Waals surface area contributed by atoms with Gasteiger partial charge in [0.05, 0.1) is 11.3 Å². The van der Waals surface area contributed by atoms with Gasteiger partial charge in [-0.15, -0.1) is 11.3 Å². The maximum atomic E-state index is 12.3. The summed E-state index contributed by atoms with van der Waals surface area (Å²) in [5.41, 5.74) is 2.19. The van der Waals surface area contributed by atoms with Crippen LogP contribution in [0.1, 0.15) is 12.5 Å². The fourth-order valence-electron chi connectivity index (χ4n) is 2.19. The van der Waals surface area contributed by atoms with E-state index in [0.29, 0.717) is 16.4 Å². The number of carbonyl (C=O) groups excluding carboxylic acids is 1. The summed E-state index contributed by atoms with van der Waals surface area (Å²) in [7, 11) is 0. The molecule has 0 aliphatic carbocycles. The Bertz CT molecular complexity index is 916. The molecule has 0 saturated carbocycles. The van der Waals surface area contributed by atoms with Crippen molar-refractivity contribution in [3.63, 3.8) is 0 Å². The van der Waals surface area contributed by atoms with Gasteiger partial charge in [0, 0.05) is 10.9 Å². The molecule has 0 bridgehead atoms. The Morgan fingerprint density at radius 2 is 1.92 bits per heavy atom. The smallest absolute Gasteiger partial charge is 0.266 e. The molecule has 1 atom stereocenters. The number of ether oxygens (including phenoxy) is 1. The standard InChI is InChI=1S/C19H15N3O2S/c1-13(24-17-10-6-5-9-15(17)11-20)18(23)22-19-21-16(12-25-19)14-7-3-2-4-8-14/h2-10,12-13H,1H3,(H,21,22,23)/t13-/m1/s1. The lowest BCUT2D eigenvalue weighted by Gasteiger charge is -2.14. The predicted molar refractivity (Wildman–Crippen MR) is 97.4 cm³/mol. The zero-order chi connectivity index (χ0) is 17.6. The fraction of sp³-hybridized carbons (Fsp3) is 0.105. The molecule has 1 amide bonds. The largest absolute Gasteiger partial charge is 0.480 e. The maximum Gasteiger partial charge on any atom is 0.266 e. The van der Waals surface area contributed by atoms with Gasteiger partial charge in [-0.25, -0.2) is 4.98 Å². The molecule has 2 aromatic carbocycles. The Hall–Kier alpha value is -3.17. The second-order valence-corrected chi connectivity index (χ2v) is 6.12. The number of hydrogen-bond acceptors (Lipinski definition) is 5. The van der Waals surface area contributed by atoms with Crippen LogP contribution in [0.15, 0.2) is 60.0 Å². The maximum absolute atomic E-state index is 12.3. The second kappa shape index (κ2) is 7.60. The number of rotatable bonds is 5. The first-order chi connectivity index (χ1) is 12.2. The number of thiazole rings is 1. The number of para-hydroxylation sites is 1. The summed E-state index contributed by atoms with van der Waals surface area (Å²) in [5.74, 6) is 0.0680. The van der Waals surface area contributed by atoms with Crippen LogP contribution in [-0.2, 0) is 4.79 Å². The van der Waals surface area contributed by atoms with Crippen LogP contribution < -0.4 is 10.1 Å². The van der Waals surface area contributed by atoms with E-state index < -0.39 is 6.10 Å². The zero-order valence-electron chi connectivity index (χ0n) is 13.5. The van der Waals surface area contributed by atoms with Crippen molar-refractivity contribution >= 4 is 22.4 Å². The quantitative estimate of drug-likeness (QED) is 0.753. The lowest BCUT2D eigenvalue weighted by atomic mass is 10.2. The number of amides is 1. The molecule has 1 N–H and O–H groups in total. The molecule has 6 heteroatoms. The summed E-state index contributed by atoms with van der Waals surface area (Å²) < 4.78 is 5.60. The van der Waals surface area contributed by atoms with Gasteiger partial charge in [-0.1, -0.05) is 42.5 Å². The monoisotopic (exact) mass is 349 g/mol. The topological polar surface area (TPSA) is 75.0 Å². The minimum Gasteiger partial charge on any atom is -0.480 e. The van der Waals surface area contributed by atoms with E-state index in [1.807, 2.05) is 41.8 Å². The highest BCUT2D eigenvalue weighted by Crippen LogP contribution is 2.25. The summed E-state index contributed by atoms with van der Waals surface area (Å²) in [6.45, 7) is 1.63. The van der Waals surface area contributed by atoms with E-state index >= 15 is 0 Å². The SMILES string of the molecule is C[C@@H](Oc1ccccc1C#N)C(=O)Nc1nc(-c2ccccc2)cs1. The molecule has 5 nitrogen and oxygen atoms in total. The van der Waals surface area contributed by atoms with Crippen molar-refractivity contribution in [3.8, 4) is 23.1 Å². The molecular weight excluding hydrogens is 334 g/mol. The Balaban J connectivity index is 1.66. The molecular formula is C19H15N3O2S. The average Bonchev–Trinajstić information content (AvgIpc) is 3.11. The minimum absolute atomic E-state index is 0.318. The van der Waals surface area contributed by atoms with Crippen molar-refractivity contribution in [2.75, 3.05) is 5.32 Å². The summed E-state index contributed by atoms with van der Waals surface area (Å²) in [6.07, 6.45) is -0.751. The molecule has 1 aromatic heterocycles. The van der Waals surface area contributed by atoms with Crippen LogP contribution in [0.5, 0.6) is 5.75 Å². The number of benzene rings is 2. The first-order valence-electron chi connectivity index (χ1n) is 7.65. The third-order valence-corrected chi connectivity index (χ3v) is 4.24. The van der Waals surface area contributed by atoms with Gasteiger partial charge in [-0.05, 0) is 19.1 Å². The first kappa shape index (κ1) is 16.7. The lowest BCUT2D eigenvalue weighted by Crippen LogP contribution is -2.30. The number of hydrogen-bond donors (Lipinski definition) is 1. The van der Waals surface area contributed by atoms with E-state index in [9.17, 15) is 4.79 Å². The summed E-state index contributed by atoms with van der Waals surface area (Å²) in [6, 6.07) is 18.6. The number of anilines is 1. The van der Waals surface area contributed by atoms with E-state index in [0.717, 1.165) is 11.3 Å². The highest BCUT2D eigenvalue weighted by molar-refractivity contribution is 7.14. The average molecular weight is 349 g/mol. The van der Waals surface area contributed by atoms with Gasteiger partial charge in [0.15, 0.2) is 11.2 Å². The van der Waals surface area contributed by atoms with E-state index in [4.69, 9.17) is 10.00 Å². The number of aromatic nitrogens is 1. The predicted octanol–water partition coefficient (Wildman–Crippen LogP) is 4.09. The zero-order valence-corrected chi connectivity index (χ0v) is 14.3. The highest BCUT2D eigenvalue weighted by atomic mass is 32.1. The van der Waals surface area contributed by atoms with E-state index in [1.54, 1.807) is 31.2 Å². The van der Waals surface area contributed by atoms with Gasteiger partial charge in [0.2, 0.25) is 0 Å². The normalized spacial score (nSPS) is 11.4. The molecule has 0 radical (unpaired) electrons. The number of nitrogens with zero attached hydrogens (tertiary/aromatic N) is 2. The van der Waals surface area contributed by atoms with Crippen LogP contribution in [0.25, 0.3) is 11.3 Å². The molecule has 0 fully saturated rings. The lowest BCUT2D eigenvalue weighted by molar-refractivity contribution is -0.122. The van der Waals surface area contributed by atoms with Crippen molar-refractivity contribution < 1.29 is 9.53 Å². The molecule has 3 aromatic rings. The minimum atomic E-state index is -0.751. The van der Waals surface area contributed by atoms with Gasteiger partial charge in [-0.2, -0.15) is 5.26 Å². The van der Waals surface area contributed by atoms with Gasteiger partial charge in [-0.3, -0.25) is 10.1 Å². The Morgan fingerprint density at radius 3 is 2.68 bits per heavy atom. The number of carbonyl (C=O) groups is 1. The van der Waals surface area contributed by atoms with E-state index in [1.165, 1.54) is 11.3 Å². The van der Waals surface area contributed by atoms with Crippen molar-refractivity contribution in [2.24, 2.45) is 0 Å². The molecule has 3 rings (SSSR count). The molecule has 0 aliphatic heterocycles. The van der Waals surface area contributed by atoms with Gasteiger partial charge >= 0.3 is 0 Å². The Labute approximate surface area is 149 Å². The molecule has 0 saturated heterocycles. The summed E-state index contributed by atoms with van der Waals surface area (Å²) in [5, 5.41) is 14.2. The van der Waals surface area contributed by atoms with Gasteiger partial charge in [0.25, 0.3) is 5.91 Å². The van der Waals surface area contributed by atoms with Crippen LogP contribution in [0.3, 0.4) is 0 Å². The molecule has 1 heterocycles. The van der Waals surface area contributed by atoms with E-state index in [2.05, 4.69) is 10.3 Å². The van der Waals surface area contributed by atoms with Crippen molar-refractivity contribution in [3.05, 3.63) is 65.5 Å². The molecule has 124 valence electrons. The third kappa shape index (κ3) is 4.03. The van der Waals surface area contributed by atoms with Crippen LogP contribution in [0, 0.1) is 11.3 Å². The Kier molecular flexibility index (Phi) is 5.07. The number of nitriles is 1. The molecule has 0 aliphatic rings. The first-order valence-corrected chi connectivity index (χ1v) is 8.53.